The number of hydrogen-bond donors (Lipinski definition) is 1. The number of rotatable bonds is 10. The first kappa shape index (κ1) is 29.7. The van der Waals surface area contributed by atoms with Crippen molar-refractivity contribution in [1.29, 1.82) is 0 Å². The molecule has 7 nitrogen and oxygen atoms in total. The van der Waals surface area contributed by atoms with Gasteiger partial charge in [0.1, 0.15) is 11.6 Å². The van der Waals surface area contributed by atoms with E-state index in [1.807, 2.05) is 36.4 Å². The lowest BCUT2D eigenvalue weighted by Gasteiger charge is -2.36. The molecule has 0 aromatic heterocycles. The maximum atomic E-state index is 13.6. The normalized spacial score (nSPS) is 17.6. The van der Waals surface area contributed by atoms with Gasteiger partial charge in [-0.15, -0.1) is 0 Å². The molecule has 0 aliphatic carbocycles. The predicted octanol–water partition coefficient (Wildman–Crippen LogP) is 6.79. The number of piperidine rings is 1. The molecule has 2 saturated heterocycles. The molecule has 2 aliphatic rings. The van der Waals surface area contributed by atoms with E-state index in [0.717, 1.165) is 36.1 Å². The highest BCUT2D eigenvalue weighted by Gasteiger charge is 2.30. The predicted molar refractivity (Wildman–Crippen MR) is 161 cm³/mol. The van der Waals surface area contributed by atoms with Crippen molar-refractivity contribution in [1.82, 2.24) is 0 Å². The Labute approximate surface area is 247 Å². The minimum atomic E-state index is -0.350. The van der Waals surface area contributed by atoms with E-state index >= 15 is 0 Å². The Morgan fingerprint density at radius 1 is 1.00 bits per heavy atom. The lowest BCUT2D eigenvalue weighted by atomic mass is 9.87. The molecule has 8 heteroatoms. The third-order valence-electron chi connectivity index (χ3n) is 8.19. The number of methoxy groups -OCH3 is 1. The van der Waals surface area contributed by atoms with Gasteiger partial charge in [-0.2, -0.15) is 0 Å². The molecule has 222 valence electrons. The van der Waals surface area contributed by atoms with Crippen LogP contribution in [0.4, 0.5) is 15.8 Å². The summed E-state index contributed by atoms with van der Waals surface area (Å²) in [5.74, 6) is -0.0505. The van der Waals surface area contributed by atoms with Crippen LogP contribution in [0.3, 0.4) is 0 Å². The first-order valence-electron chi connectivity index (χ1n) is 14.9. The molecule has 2 aliphatic heterocycles. The summed E-state index contributed by atoms with van der Waals surface area (Å²) in [5, 5.41) is 3.02. The fraction of sp³-hybridized carbons (Fsp3) is 0.412. The summed E-state index contributed by atoms with van der Waals surface area (Å²) in [6, 6.07) is 17.0. The molecule has 2 fully saturated rings. The van der Waals surface area contributed by atoms with Crippen molar-refractivity contribution >= 4 is 23.1 Å². The van der Waals surface area contributed by atoms with Crippen molar-refractivity contribution in [2.45, 2.75) is 58.3 Å². The molecule has 3 aromatic carbocycles. The van der Waals surface area contributed by atoms with Gasteiger partial charge in [0, 0.05) is 48.0 Å². The van der Waals surface area contributed by atoms with Gasteiger partial charge in [0.15, 0.2) is 12.1 Å². The first-order valence-corrected chi connectivity index (χ1v) is 14.9. The second kappa shape index (κ2) is 13.9. The van der Waals surface area contributed by atoms with E-state index in [1.54, 1.807) is 19.2 Å². The molecule has 0 radical (unpaired) electrons. The molecule has 1 unspecified atom stereocenters. The number of benzene rings is 3. The number of ketones is 1. The first-order chi connectivity index (χ1) is 20.5. The largest absolute Gasteiger partial charge is 0.495 e. The Kier molecular flexibility index (Phi) is 9.87. The van der Waals surface area contributed by atoms with E-state index in [0.29, 0.717) is 68.1 Å². The lowest BCUT2D eigenvalue weighted by molar-refractivity contribution is -0.168. The van der Waals surface area contributed by atoms with Crippen molar-refractivity contribution in [3.63, 3.8) is 0 Å². The van der Waals surface area contributed by atoms with Crippen LogP contribution in [0.25, 0.3) is 0 Å². The second-order valence-electron chi connectivity index (χ2n) is 10.8. The molecule has 1 atom stereocenters. The third kappa shape index (κ3) is 6.82. The summed E-state index contributed by atoms with van der Waals surface area (Å²) >= 11 is 0. The standard InChI is InChI=1S/C34H39FN2O5/c1-3-27-28(34(39)36-29-8-4-5-9-30(29)40-2)16-13-25(22-42-31-10-6-7-21-41-31)32(27)37-19-17-24(18-20-37)33(38)23-11-14-26(35)15-12-23/h4-5,8-9,11-16,24,31H,3,6-7,10,17-22H2,1-2H3,(H,36,39). The fourth-order valence-electron chi connectivity index (χ4n) is 5.94. The van der Waals surface area contributed by atoms with E-state index in [1.165, 1.54) is 12.1 Å². The average Bonchev–Trinajstić information content (AvgIpc) is 3.04. The minimum Gasteiger partial charge on any atom is -0.495 e. The number of amides is 1. The van der Waals surface area contributed by atoms with Crippen molar-refractivity contribution in [3.8, 4) is 5.75 Å². The average molecular weight is 575 g/mol. The Morgan fingerprint density at radius 2 is 1.76 bits per heavy atom. The van der Waals surface area contributed by atoms with Crippen molar-refractivity contribution in [2.75, 3.05) is 37.0 Å². The molecule has 5 rings (SSSR count). The summed E-state index contributed by atoms with van der Waals surface area (Å²) in [7, 11) is 1.58. The minimum absolute atomic E-state index is 0.0494. The van der Waals surface area contributed by atoms with Crippen molar-refractivity contribution in [3.05, 3.63) is 88.7 Å². The Morgan fingerprint density at radius 3 is 2.45 bits per heavy atom. The zero-order chi connectivity index (χ0) is 29.5. The molecule has 2 heterocycles. The van der Waals surface area contributed by atoms with Crippen LogP contribution in [0.5, 0.6) is 5.75 Å². The smallest absolute Gasteiger partial charge is 0.256 e. The number of nitrogens with one attached hydrogen (secondary N) is 1. The maximum absolute atomic E-state index is 13.6. The van der Waals surface area contributed by atoms with Crippen molar-refractivity contribution in [2.24, 2.45) is 5.92 Å². The highest BCUT2D eigenvalue weighted by Crippen LogP contribution is 2.35. The zero-order valence-electron chi connectivity index (χ0n) is 24.4. The van der Waals surface area contributed by atoms with Gasteiger partial charge < -0.3 is 24.4 Å². The van der Waals surface area contributed by atoms with Gasteiger partial charge in [-0.3, -0.25) is 9.59 Å². The third-order valence-corrected chi connectivity index (χ3v) is 8.19. The summed E-state index contributed by atoms with van der Waals surface area (Å²) in [4.78, 5) is 29.1. The van der Waals surface area contributed by atoms with Gasteiger partial charge in [0.2, 0.25) is 0 Å². The molecule has 42 heavy (non-hydrogen) atoms. The molecule has 0 saturated carbocycles. The second-order valence-corrected chi connectivity index (χ2v) is 10.8. The van der Waals surface area contributed by atoms with E-state index in [-0.39, 0.29) is 29.7 Å². The molecular weight excluding hydrogens is 535 g/mol. The van der Waals surface area contributed by atoms with Crippen LogP contribution in [0.2, 0.25) is 0 Å². The number of anilines is 2. The number of para-hydroxylation sites is 2. The number of carbonyl (C=O) groups excluding carboxylic acids is 2. The Bertz CT molecular complexity index is 1380. The molecule has 3 aromatic rings. The van der Waals surface area contributed by atoms with Crippen LogP contribution < -0.4 is 15.0 Å². The molecular formula is C34H39FN2O5. The van der Waals surface area contributed by atoms with E-state index in [9.17, 15) is 14.0 Å². The quantitative estimate of drug-likeness (QED) is 0.269. The number of nitrogens with zero attached hydrogens (tertiary/aromatic N) is 1. The summed E-state index contributed by atoms with van der Waals surface area (Å²) in [6.07, 6.45) is 4.75. The van der Waals surface area contributed by atoms with Gasteiger partial charge in [-0.1, -0.05) is 25.1 Å². The van der Waals surface area contributed by atoms with Crippen LogP contribution >= 0.6 is 0 Å². The van der Waals surface area contributed by atoms with Crippen LogP contribution in [0.15, 0.2) is 60.7 Å². The van der Waals surface area contributed by atoms with Crippen LogP contribution in [-0.4, -0.2) is 44.8 Å². The van der Waals surface area contributed by atoms with E-state index < -0.39 is 0 Å². The molecule has 1 amide bonds. The Hall–Kier alpha value is -3.75. The maximum Gasteiger partial charge on any atom is 0.256 e. The van der Waals surface area contributed by atoms with Gasteiger partial charge in [-0.05, 0) is 86.6 Å². The summed E-state index contributed by atoms with van der Waals surface area (Å²) < 4.78 is 30.8. The monoisotopic (exact) mass is 574 g/mol. The fourth-order valence-corrected chi connectivity index (χ4v) is 5.94. The molecule has 0 spiro atoms. The highest BCUT2D eigenvalue weighted by atomic mass is 19.1. The molecule has 0 bridgehead atoms. The van der Waals surface area contributed by atoms with Gasteiger partial charge in [0.05, 0.1) is 19.4 Å². The highest BCUT2D eigenvalue weighted by molar-refractivity contribution is 6.07. The number of ether oxygens (including phenoxy) is 3. The number of halogens is 1. The van der Waals surface area contributed by atoms with Crippen molar-refractivity contribution < 1.29 is 28.2 Å². The molecule has 1 N–H and O–H groups in total. The van der Waals surface area contributed by atoms with Gasteiger partial charge in [-0.25, -0.2) is 4.39 Å². The number of Topliss-reactive ketones (excluding diaryl/α,β-unsaturated/α-hetero) is 1. The number of carbonyl (C=O) groups is 2. The van der Waals surface area contributed by atoms with Crippen LogP contribution in [0.1, 0.15) is 70.9 Å². The Balaban J connectivity index is 1.40. The summed E-state index contributed by atoms with van der Waals surface area (Å²) in [6.45, 7) is 4.45. The zero-order valence-corrected chi connectivity index (χ0v) is 24.4. The van der Waals surface area contributed by atoms with Crippen LogP contribution in [-0.2, 0) is 22.5 Å². The van der Waals surface area contributed by atoms with Gasteiger partial charge >= 0.3 is 0 Å². The van der Waals surface area contributed by atoms with Gasteiger partial charge in [0.25, 0.3) is 5.91 Å². The SMILES string of the molecule is CCc1c(C(=O)Nc2ccccc2OC)ccc(COC2CCCCO2)c1N1CCC(C(=O)c2ccc(F)cc2)CC1. The van der Waals surface area contributed by atoms with E-state index in [2.05, 4.69) is 17.1 Å². The number of hydrogen-bond acceptors (Lipinski definition) is 6. The summed E-state index contributed by atoms with van der Waals surface area (Å²) in [5.41, 5.74) is 4.68. The van der Waals surface area contributed by atoms with E-state index in [4.69, 9.17) is 14.2 Å². The topological polar surface area (TPSA) is 77.1 Å². The van der Waals surface area contributed by atoms with Crippen LogP contribution in [0, 0.1) is 11.7 Å². The lowest BCUT2D eigenvalue weighted by Crippen LogP contribution is -2.38.